The molecule has 0 saturated carbocycles. The van der Waals surface area contributed by atoms with E-state index in [-0.39, 0.29) is 5.97 Å². The summed E-state index contributed by atoms with van der Waals surface area (Å²) in [5, 5.41) is 0. The number of hydrogen-bond donors (Lipinski definition) is 0. The van der Waals surface area contributed by atoms with Crippen molar-refractivity contribution in [2.45, 2.75) is 13.8 Å². The summed E-state index contributed by atoms with van der Waals surface area (Å²) in [7, 11) is 0. The van der Waals surface area contributed by atoms with Gasteiger partial charge in [-0.3, -0.25) is 4.79 Å². The molecule has 0 heterocycles. The van der Waals surface area contributed by atoms with Crippen molar-refractivity contribution in [3.63, 3.8) is 0 Å². The zero-order chi connectivity index (χ0) is 9.68. The second-order valence-electron chi connectivity index (χ2n) is 2.93. The van der Waals surface area contributed by atoms with Crippen LogP contribution in [0.2, 0.25) is 0 Å². The van der Waals surface area contributed by atoms with Crippen LogP contribution in [0, 0.1) is 5.92 Å². The van der Waals surface area contributed by atoms with Crippen LogP contribution in [-0.2, 0) is 9.53 Å². The molecule has 0 amide bonds. The fraction of sp³-hybridized carbons (Fsp3) is 0.273. The summed E-state index contributed by atoms with van der Waals surface area (Å²) in [5.74, 6) is 0.825. The minimum absolute atomic E-state index is 0.240. The zero-order valence-electron chi connectivity index (χ0n) is 7.91. The van der Waals surface area contributed by atoms with Gasteiger partial charge in [0.1, 0.15) is 6.61 Å². The van der Waals surface area contributed by atoms with Gasteiger partial charge in [0.15, 0.2) is 0 Å². The molecule has 2 nitrogen and oxygen atoms in total. The molecular weight excluding hydrogens is 164 g/mol. The Balaban J connectivity index is 2.49. The normalized spacial score (nSPS) is 10.1. The average Bonchev–Trinajstić information content (AvgIpc) is 2.15. The van der Waals surface area contributed by atoms with E-state index in [1.54, 1.807) is 0 Å². The Labute approximate surface area is 78.5 Å². The van der Waals surface area contributed by atoms with Gasteiger partial charge in [0.2, 0.25) is 0 Å². The van der Waals surface area contributed by atoms with E-state index < -0.39 is 0 Å². The second kappa shape index (κ2) is 4.65. The molecule has 1 aromatic rings. The highest BCUT2D eigenvalue weighted by Gasteiger charge is 2.06. The van der Waals surface area contributed by atoms with E-state index in [2.05, 4.69) is 0 Å². The van der Waals surface area contributed by atoms with Crippen LogP contribution in [0.5, 0.6) is 0 Å². The van der Waals surface area contributed by atoms with E-state index >= 15 is 0 Å². The van der Waals surface area contributed by atoms with Gasteiger partial charge < -0.3 is 4.74 Å². The summed E-state index contributed by atoms with van der Waals surface area (Å²) in [4.78, 5) is 10.5. The van der Waals surface area contributed by atoms with E-state index in [1.165, 1.54) is 6.92 Å². The summed E-state index contributed by atoms with van der Waals surface area (Å²) in [6.07, 6.45) is 0. The van der Waals surface area contributed by atoms with Crippen LogP contribution in [-0.4, -0.2) is 12.6 Å². The maximum Gasteiger partial charge on any atom is 0.302 e. The molecule has 0 unspecified atom stereocenters. The molecule has 0 saturated heterocycles. The molecule has 0 bridgehead atoms. The van der Waals surface area contributed by atoms with Gasteiger partial charge >= 0.3 is 5.97 Å². The molecule has 0 spiro atoms. The highest BCUT2D eigenvalue weighted by Crippen LogP contribution is 2.13. The number of ether oxygens (including phenoxy) is 1. The van der Waals surface area contributed by atoms with E-state index in [4.69, 9.17) is 4.74 Å². The Hall–Kier alpha value is -1.31. The lowest BCUT2D eigenvalue weighted by Crippen LogP contribution is -2.08. The largest absolute Gasteiger partial charge is 0.465 e. The first-order valence-electron chi connectivity index (χ1n) is 4.21. The van der Waals surface area contributed by atoms with Gasteiger partial charge in [-0.2, -0.15) is 0 Å². The molecular formula is C11H13O2. The third kappa shape index (κ3) is 3.28. The quantitative estimate of drug-likeness (QED) is 0.661. The summed E-state index contributed by atoms with van der Waals surface area (Å²) in [6, 6.07) is 9.89. The predicted octanol–water partition coefficient (Wildman–Crippen LogP) is 2.19. The third-order valence-corrected chi connectivity index (χ3v) is 1.76. The topological polar surface area (TPSA) is 26.3 Å². The van der Waals surface area contributed by atoms with E-state index in [1.807, 2.05) is 37.3 Å². The average molecular weight is 177 g/mol. The van der Waals surface area contributed by atoms with E-state index in [0.29, 0.717) is 6.61 Å². The Morgan fingerprint density at radius 1 is 1.23 bits per heavy atom. The highest BCUT2D eigenvalue weighted by atomic mass is 16.5. The van der Waals surface area contributed by atoms with Crippen LogP contribution >= 0.6 is 0 Å². The monoisotopic (exact) mass is 177 g/mol. The number of rotatable bonds is 3. The molecule has 1 rings (SSSR count). The van der Waals surface area contributed by atoms with Crippen molar-refractivity contribution >= 4 is 5.97 Å². The number of esters is 1. The van der Waals surface area contributed by atoms with Crippen molar-refractivity contribution < 1.29 is 9.53 Å². The molecule has 69 valence electrons. The van der Waals surface area contributed by atoms with Crippen molar-refractivity contribution in [3.8, 4) is 0 Å². The van der Waals surface area contributed by atoms with Gasteiger partial charge in [0.05, 0.1) is 0 Å². The Morgan fingerprint density at radius 2 is 1.85 bits per heavy atom. The third-order valence-electron chi connectivity index (χ3n) is 1.76. The van der Waals surface area contributed by atoms with Crippen molar-refractivity contribution in [1.82, 2.24) is 0 Å². The van der Waals surface area contributed by atoms with Crippen molar-refractivity contribution in [2.24, 2.45) is 0 Å². The second-order valence-corrected chi connectivity index (χ2v) is 2.93. The summed E-state index contributed by atoms with van der Waals surface area (Å²) in [6.45, 7) is 3.75. The molecule has 0 aromatic heterocycles. The van der Waals surface area contributed by atoms with Gasteiger partial charge in [-0.15, -0.1) is 0 Å². The van der Waals surface area contributed by atoms with Crippen LogP contribution in [0.1, 0.15) is 19.4 Å². The molecule has 1 aromatic carbocycles. The van der Waals surface area contributed by atoms with Crippen LogP contribution in [0.25, 0.3) is 0 Å². The first-order chi connectivity index (χ1) is 6.20. The molecule has 13 heavy (non-hydrogen) atoms. The Kier molecular flexibility index (Phi) is 3.50. The lowest BCUT2D eigenvalue weighted by atomic mass is 10.0. The predicted molar refractivity (Wildman–Crippen MR) is 51.1 cm³/mol. The molecule has 0 fully saturated rings. The maximum atomic E-state index is 10.5. The van der Waals surface area contributed by atoms with Crippen LogP contribution < -0.4 is 0 Å². The molecule has 1 radical (unpaired) electrons. The molecule has 0 aliphatic rings. The van der Waals surface area contributed by atoms with Gasteiger partial charge in [-0.25, -0.2) is 0 Å². The van der Waals surface area contributed by atoms with Gasteiger partial charge in [-0.05, 0) is 5.56 Å². The molecule has 0 aliphatic heterocycles. The molecule has 2 heteroatoms. The standard InChI is InChI=1S/C11H13O2/c1-9(8-13-10(2)12)11-6-4-3-5-7-11/h3-7H,8H2,1-2H3. The van der Waals surface area contributed by atoms with Gasteiger partial charge in [0, 0.05) is 12.8 Å². The SMILES string of the molecule is C[C](COC(C)=O)c1ccccc1. The maximum absolute atomic E-state index is 10.5. The lowest BCUT2D eigenvalue weighted by Gasteiger charge is -2.10. The Bertz CT molecular complexity index is 267. The lowest BCUT2D eigenvalue weighted by molar-refractivity contribution is -0.140. The van der Waals surface area contributed by atoms with Crippen LogP contribution in [0.4, 0.5) is 0 Å². The van der Waals surface area contributed by atoms with Gasteiger partial charge in [-0.1, -0.05) is 37.3 Å². The van der Waals surface area contributed by atoms with Crippen molar-refractivity contribution in [3.05, 3.63) is 41.8 Å². The number of hydrogen-bond acceptors (Lipinski definition) is 2. The van der Waals surface area contributed by atoms with Crippen LogP contribution in [0.15, 0.2) is 30.3 Å². The molecule has 0 atom stereocenters. The fourth-order valence-electron chi connectivity index (χ4n) is 1.02. The molecule has 0 aliphatic carbocycles. The number of benzene rings is 1. The summed E-state index contributed by atoms with van der Waals surface area (Å²) in [5.41, 5.74) is 1.11. The highest BCUT2D eigenvalue weighted by molar-refractivity contribution is 5.66. The summed E-state index contributed by atoms with van der Waals surface area (Å²) >= 11 is 0. The smallest absolute Gasteiger partial charge is 0.302 e. The molecule has 0 N–H and O–H groups in total. The van der Waals surface area contributed by atoms with E-state index in [9.17, 15) is 4.79 Å². The fourth-order valence-corrected chi connectivity index (χ4v) is 1.02. The zero-order valence-corrected chi connectivity index (χ0v) is 7.91. The minimum Gasteiger partial charge on any atom is -0.465 e. The van der Waals surface area contributed by atoms with Gasteiger partial charge in [0.25, 0.3) is 0 Å². The van der Waals surface area contributed by atoms with Crippen LogP contribution in [0.3, 0.4) is 0 Å². The first kappa shape index (κ1) is 9.78. The minimum atomic E-state index is -0.240. The van der Waals surface area contributed by atoms with Crippen molar-refractivity contribution in [2.75, 3.05) is 6.61 Å². The number of carbonyl (C=O) groups excluding carboxylic acids is 1. The summed E-state index contributed by atoms with van der Waals surface area (Å²) < 4.78 is 4.88. The number of carbonyl (C=O) groups is 1. The first-order valence-corrected chi connectivity index (χ1v) is 4.21. The van der Waals surface area contributed by atoms with Crippen molar-refractivity contribution in [1.29, 1.82) is 0 Å². The van der Waals surface area contributed by atoms with E-state index in [0.717, 1.165) is 11.5 Å². The Morgan fingerprint density at radius 3 is 2.38 bits per heavy atom.